The zero-order valence-electron chi connectivity index (χ0n) is 11.8. The van der Waals surface area contributed by atoms with Crippen molar-refractivity contribution >= 4 is 29.0 Å². The van der Waals surface area contributed by atoms with Crippen LogP contribution in [-0.4, -0.2) is 12.6 Å². The number of benzene rings is 2. The van der Waals surface area contributed by atoms with Gasteiger partial charge in [0.1, 0.15) is 0 Å². The van der Waals surface area contributed by atoms with Crippen LogP contribution in [0.3, 0.4) is 0 Å². The van der Waals surface area contributed by atoms with Gasteiger partial charge < -0.3 is 16.4 Å². The quantitative estimate of drug-likeness (QED) is 0.756. The molecule has 21 heavy (non-hydrogen) atoms. The summed E-state index contributed by atoms with van der Waals surface area (Å²) in [5.74, 6) is 0. The van der Waals surface area contributed by atoms with Crippen LogP contribution >= 0.6 is 11.6 Å². The van der Waals surface area contributed by atoms with Gasteiger partial charge in [0.15, 0.2) is 0 Å². The van der Waals surface area contributed by atoms with Gasteiger partial charge in [0.05, 0.1) is 10.7 Å². The third-order valence-electron chi connectivity index (χ3n) is 3.20. The monoisotopic (exact) mass is 303 g/mol. The van der Waals surface area contributed by atoms with Gasteiger partial charge in [-0.1, -0.05) is 35.9 Å². The summed E-state index contributed by atoms with van der Waals surface area (Å²) in [5.41, 5.74) is 9.18. The summed E-state index contributed by atoms with van der Waals surface area (Å²) in [7, 11) is 0. The van der Waals surface area contributed by atoms with Gasteiger partial charge in [-0.15, -0.1) is 0 Å². The van der Waals surface area contributed by atoms with Crippen molar-refractivity contribution in [3.63, 3.8) is 0 Å². The Labute approximate surface area is 129 Å². The number of carbonyl (C=O) groups excluding carboxylic acids is 1. The lowest BCUT2D eigenvalue weighted by Gasteiger charge is -2.09. The van der Waals surface area contributed by atoms with Crippen LogP contribution in [-0.2, 0) is 6.42 Å². The molecule has 2 amide bonds. The number of nitrogen functional groups attached to an aromatic ring is 1. The maximum Gasteiger partial charge on any atom is 0.319 e. The van der Waals surface area contributed by atoms with Crippen LogP contribution in [0.5, 0.6) is 0 Å². The van der Waals surface area contributed by atoms with E-state index in [0.29, 0.717) is 22.9 Å². The van der Waals surface area contributed by atoms with Gasteiger partial charge in [-0.2, -0.15) is 0 Å². The molecule has 0 unspecified atom stereocenters. The number of urea groups is 1. The number of nitrogens with one attached hydrogen (secondary N) is 2. The van der Waals surface area contributed by atoms with E-state index in [1.54, 1.807) is 18.2 Å². The van der Waals surface area contributed by atoms with Crippen LogP contribution in [0.15, 0.2) is 42.5 Å². The Morgan fingerprint density at radius 1 is 1.24 bits per heavy atom. The maximum atomic E-state index is 11.8. The van der Waals surface area contributed by atoms with Gasteiger partial charge in [-0.05, 0) is 42.7 Å². The van der Waals surface area contributed by atoms with Crippen molar-refractivity contribution in [1.82, 2.24) is 5.32 Å². The number of carbonyl (C=O) groups is 1. The molecule has 110 valence electrons. The zero-order chi connectivity index (χ0) is 15.2. The molecule has 2 aromatic rings. The van der Waals surface area contributed by atoms with Gasteiger partial charge in [-0.25, -0.2) is 4.79 Å². The highest BCUT2D eigenvalue weighted by molar-refractivity contribution is 6.33. The fourth-order valence-electron chi connectivity index (χ4n) is 1.98. The minimum absolute atomic E-state index is 0.260. The first-order chi connectivity index (χ1) is 10.1. The van der Waals surface area contributed by atoms with Crippen LogP contribution in [0.4, 0.5) is 16.2 Å². The molecule has 0 spiro atoms. The second kappa shape index (κ2) is 6.99. The van der Waals surface area contributed by atoms with Crippen molar-refractivity contribution in [2.75, 3.05) is 17.6 Å². The first-order valence-electron chi connectivity index (χ1n) is 6.70. The normalized spacial score (nSPS) is 10.2. The molecule has 2 rings (SSSR count). The van der Waals surface area contributed by atoms with E-state index < -0.39 is 0 Å². The van der Waals surface area contributed by atoms with Crippen LogP contribution in [0.1, 0.15) is 11.1 Å². The number of halogens is 1. The van der Waals surface area contributed by atoms with E-state index in [2.05, 4.69) is 29.7 Å². The molecule has 0 aliphatic carbocycles. The summed E-state index contributed by atoms with van der Waals surface area (Å²) in [6.07, 6.45) is 0.794. The Hall–Kier alpha value is -2.20. The van der Waals surface area contributed by atoms with Crippen molar-refractivity contribution in [3.8, 4) is 0 Å². The molecule has 5 heteroatoms. The summed E-state index contributed by atoms with van der Waals surface area (Å²) >= 11 is 5.90. The van der Waals surface area contributed by atoms with Crippen LogP contribution < -0.4 is 16.4 Å². The van der Waals surface area contributed by atoms with E-state index in [0.717, 1.165) is 6.42 Å². The Kier molecular flexibility index (Phi) is 5.06. The molecule has 0 aliphatic heterocycles. The molecule has 0 aromatic heterocycles. The molecule has 0 fully saturated rings. The predicted molar refractivity (Wildman–Crippen MR) is 87.8 cm³/mol. The van der Waals surface area contributed by atoms with Crippen molar-refractivity contribution < 1.29 is 4.79 Å². The van der Waals surface area contributed by atoms with E-state index in [9.17, 15) is 4.79 Å². The largest absolute Gasteiger partial charge is 0.398 e. The number of anilines is 2. The Morgan fingerprint density at radius 3 is 2.71 bits per heavy atom. The molecule has 0 saturated carbocycles. The van der Waals surface area contributed by atoms with E-state index in [4.69, 9.17) is 17.3 Å². The minimum atomic E-state index is -0.260. The summed E-state index contributed by atoms with van der Waals surface area (Å²) < 4.78 is 0. The molecule has 0 saturated heterocycles. The van der Waals surface area contributed by atoms with Gasteiger partial charge in [0.2, 0.25) is 0 Å². The third kappa shape index (κ3) is 4.39. The molecule has 0 radical (unpaired) electrons. The van der Waals surface area contributed by atoms with Crippen molar-refractivity contribution in [2.45, 2.75) is 13.3 Å². The van der Waals surface area contributed by atoms with Gasteiger partial charge in [-0.3, -0.25) is 0 Å². The lowest BCUT2D eigenvalue weighted by molar-refractivity contribution is 0.252. The van der Waals surface area contributed by atoms with Crippen LogP contribution in [0, 0.1) is 6.92 Å². The predicted octanol–water partition coefficient (Wildman–Crippen LogP) is 3.59. The van der Waals surface area contributed by atoms with Crippen LogP contribution in [0.25, 0.3) is 0 Å². The summed E-state index contributed by atoms with van der Waals surface area (Å²) in [5, 5.41) is 5.96. The van der Waals surface area contributed by atoms with Gasteiger partial charge >= 0.3 is 6.03 Å². The average Bonchev–Trinajstić information content (AvgIpc) is 2.45. The number of amides is 2. The number of aryl methyl sites for hydroxylation is 1. The first-order valence-corrected chi connectivity index (χ1v) is 7.08. The van der Waals surface area contributed by atoms with Crippen molar-refractivity contribution in [3.05, 3.63) is 58.6 Å². The number of rotatable bonds is 4. The van der Waals surface area contributed by atoms with Crippen molar-refractivity contribution in [2.24, 2.45) is 0 Å². The van der Waals surface area contributed by atoms with E-state index in [1.807, 2.05) is 12.1 Å². The molecule has 4 nitrogen and oxygen atoms in total. The topological polar surface area (TPSA) is 67.2 Å². The Bertz CT molecular complexity index is 643. The molecular formula is C16H18ClN3O. The van der Waals surface area contributed by atoms with E-state index >= 15 is 0 Å². The van der Waals surface area contributed by atoms with E-state index in [-0.39, 0.29) is 6.03 Å². The standard InChI is InChI=1S/C16H18ClN3O/c1-11-4-2-3-5-12(11)8-9-19-16(21)20-13-6-7-15(18)14(17)10-13/h2-7,10H,8-9,18H2,1H3,(H2,19,20,21). The minimum Gasteiger partial charge on any atom is -0.398 e. The van der Waals surface area contributed by atoms with Gasteiger partial charge in [0, 0.05) is 12.2 Å². The Morgan fingerprint density at radius 2 is 2.00 bits per heavy atom. The first kappa shape index (κ1) is 15.2. The van der Waals surface area contributed by atoms with E-state index in [1.165, 1.54) is 11.1 Å². The highest BCUT2D eigenvalue weighted by Gasteiger charge is 2.04. The maximum absolute atomic E-state index is 11.8. The average molecular weight is 304 g/mol. The number of hydrogen-bond acceptors (Lipinski definition) is 2. The Balaban J connectivity index is 1.82. The summed E-state index contributed by atoms with van der Waals surface area (Å²) in [6.45, 7) is 2.63. The second-order valence-corrected chi connectivity index (χ2v) is 5.20. The van der Waals surface area contributed by atoms with Crippen molar-refractivity contribution in [1.29, 1.82) is 0 Å². The third-order valence-corrected chi connectivity index (χ3v) is 3.53. The van der Waals surface area contributed by atoms with Crippen LogP contribution in [0.2, 0.25) is 5.02 Å². The lowest BCUT2D eigenvalue weighted by atomic mass is 10.1. The molecule has 0 bridgehead atoms. The number of nitrogens with two attached hydrogens (primary N) is 1. The lowest BCUT2D eigenvalue weighted by Crippen LogP contribution is -2.30. The molecule has 0 aliphatic rings. The second-order valence-electron chi connectivity index (χ2n) is 4.79. The fraction of sp³-hybridized carbons (Fsp3) is 0.188. The molecule has 0 heterocycles. The highest BCUT2D eigenvalue weighted by Crippen LogP contribution is 2.22. The fourth-order valence-corrected chi connectivity index (χ4v) is 2.16. The summed E-state index contributed by atoms with van der Waals surface area (Å²) in [4.78, 5) is 11.8. The number of hydrogen-bond donors (Lipinski definition) is 3. The highest BCUT2D eigenvalue weighted by atomic mass is 35.5. The summed E-state index contributed by atoms with van der Waals surface area (Å²) in [6, 6.07) is 12.9. The molecule has 2 aromatic carbocycles. The zero-order valence-corrected chi connectivity index (χ0v) is 12.6. The SMILES string of the molecule is Cc1ccccc1CCNC(=O)Nc1ccc(N)c(Cl)c1. The molecule has 4 N–H and O–H groups in total. The molecule has 0 atom stereocenters. The van der Waals surface area contributed by atoms with Gasteiger partial charge in [0.25, 0.3) is 0 Å². The smallest absolute Gasteiger partial charge is 0.319 e. The molecular weight excluding hydrogens is 286 g/mol.